The highest BCUT2D eigenvalue weighted by molar-refractivity contribution is 4.98. The molecule has 0 amide bonds. The van der Waals surface area contributed by atoms with Crippen molar-refractivity contribution < 1.29 is 0 Å². The Labute approximate surface area is 95.2 Å². The minimum Gasteiger partial charge on any atom is -0.329 e. The molecule has 0 aromatic carbocycles. The van der Waals surface area contributed by atoms with Crippen LogP contribution in [0.1, 0.15) is 47.5 Å². The lowest BCUT2D eigenvalue weighted by atomic mass is 9.85. The molecule has 0 spiro atoms. The van der Waals surface area contributed by atoms with Crippen molar-refractivity contribution in [1.29, 1.82) is 0 Å². The van der Waals surface area contributed by atoms with Crippen molar-refractivity contribution in [3.63, 3.8) is 0 Å². The fraction of sp³-hybridized carbons (Fsp3) is 1.00. The Kier molecular flexibility index (Phi) is 4.19. The first-order valence-corrected chi connectivity index (χ1v) is 6.38. The topological polar surface area (TPSA) is 29.3 Å². The van der Waals surface area contributed by atoms with Gasteiger partial charge in [0.1, 0.15) is 0 Å². The van der Waals surface area contributed by atoms with Gasteiger partial charge >= 0.3 is 0 Å². The summed E-state index contributed by atoms with van der Waals surface area (Å²) in [5.41, 5.74) is 6.19. The third-order valence-corrected chi connectivity index (χ3v) is 3.86. The van der Waals surface area contributed by atoms with E-state index in [4.69, 9.17) is 5.73 Å². The first-order chi connectivity index (χ1) is 6.91. The minimum atomic E-state index is 0.186. The Bertz CT molecular complexity index is 197. The highest BCUT2D eigenvalue weighted by Gasteiger charge is 2.42. The number of nitrogens with two attached hydrogens (primary N) is 1. The lowest BCUT2D eigenvalue weighted by Gasteiger charge is -2.45. The molecule has 0 heterocycles. The second-order valence-corrected chi connectivity index (χ2v) is 5.99. The number of rotatable bonds is 6. The van der Waals surface area contributed by atoms with Crippen molar-refractivity contribution in [2.75, 3.05) is 13.1 Å². The Hall–Kier alpha value is -0.0800. The molecule has 90 valence electrons. The van der Waals surface area contributed by atoms with E-state index in [2.05, 4.69) is 39.5 Å². The summed E-state index contributed by atoms with van der Waals surface area (Å²) in [7, 11) is 0. The van der Waals surface area contributed by atoms with Crippen LogP contribution in [-0.2, 0) is 0 Å². The van der Waals surface area contributed by atoms with Gasteiger partial charge in [-0.05, 0) is 31.6 Å². The predicted octanol–water partition coefficient (Wildman–Crippen LogP) is 2.48. The van der Waals surface area contributed by atoms with E-state index in [0.717, 1.165) is 18.5 Å². The highest BCUT2D eigenvalue weighted by Crippen LogP contribution is 2.36. The molecule has 1 saturated carbocycles. The summed E-state index contributed by atoms with van der Waals surface area (Å²) in [6, 6.07) is 0.809. The molecule has 1 aliphatic carbocycles. The zero-order chi connectivity index (χ0) is 11.6. The van der Waals surface area contributed by atoms with Gasteiger partial charge in [0, 0.05) is 24.7 Å². The van der Waals surface area contributed by atoms with Crippen LogP contribution in [0.4, 0.5) is 0 Å². The lowest BCUT2D eigenvalue weighted by Crippen LogP contribution is -2.57. The van der Waals surface area contributed by atoms with Crippen molar-refractivity contribution in [3.05, 3.63) is 0 Å². The molecule has 1 atom stereocenters. The van der Waals surface area contributed by atoms with Crippen molar-refractivity contribution in [1.82, 2.24) is 4.90 Å². The third-order valence-electron chi connectivity index (χ3n) is 3.86. The van der Waals surface area contributed by atoms with Crippen LogP contribution in [-0.4, -0.2) is 29.6 Å². The quantitative estimate of drug-likeness (QED) is 0.733. The summed E-state index contributed by atoms with van der Waals surface area (Å²) in [5.74, 6) is 1.36. The Morgan fingerprint density at radius 3 is 2.07 bits per heavy atom. The maximum absolute atomic E-state index is 6.01. The van der Waals surface area contributed by atoms with Crippen LogP contribution >= 0.6 is 0 Å². The first-order valence-electron chi connectivity index (χ1n) is 6.38. The zero-order valence-electron chi connectivity index (χ0n) is 11.1. The van der Waals surface area contributed by atoms with Gasteiger partial charge in [-0.25, -0.2) is 0 Å². The van der Waals surface area contributed by atoms with E-state index in [1.807, 2.05) is 0 Å². The van der Waals surface area contributed by atoms with Gasteiger partial charge < -0.3 is 5.73 Å². The summed E-state index contributed by atoms with van der Waals surface area (Å²) < 4.78 is 0. The Morgan fingerprint density at radius 2 is 1.80 bits per heavy atom. The van der Waals surface area contributed by atoms with Gasteiger partial charge in [-0.2, -0.15) is 0 Å². The number of hydrogen-bond acceptors (Lipinski definition) is 2. The van der Waals surface area contributed by atoms with E-state index >= 15 is 0 Å². The largest absolute Gasteiger partial charge is 0.329 e. The van der Waals surface area contributed by atoms with Crippen LogP contribution in [0, 0.1) is 11.8 Å². The summed E-state index contributed by atoms with van der Waals surface area (Å²) in [4.78, 5) is 2.67. The van der Waals surface area contributed by atoms with Crippen LogP contribution in [0.25, 0.3) is 0 Å². The van der Waals surface area contributed by atoms with E-state index in [1.165, 1.54) is 19.4 Å². The zero-order valence-corrected chi connectivity index (χ0v) is 11.1. The summed E-state index contributed by atoms with van der Waals surface area (Å²) in [6.07, 6.45) is 2.74. The van der Waals surface area contributed by atoms with Crippen LogP contribution in [0.15, 0.2) is 0 Å². The monoisotopic (exact) mass is 212 g/mol. The predicted molar refractivity (Wildman–Crippen MR) is 66.9 cm³/mol. The molecule has 2 N–H and O–H groups in total. The molecule has 0 aliphatic heterocycles. The summed E-state index contributed by atoms with van der Waals surface area (Å²) in [6.45, 7) is 13.5. The van der Waals surface area contributed by atoms with Crippen LogP contribution in [0.5, 0.6) is 0 Å². The van der Waals surface area contributed by atoms with Crippen LogP contribution < -0.4 is 5.73 Å². The summed E-state index contributed by atoms with van der Waals surface area (Å²) >= 11 is 0. The maximum atomic E-state index is 6.01. The van der Waals surface area contributed by atoms with Gasteiger partial charge in [0.05, 0.1) is 0 Å². The maximum Gasteiger partial charge on any atom is 0.0329 e. The fourth-order valence-electron chi connectivity index (χ4n) is 2.24. The second-order valence-electron chi connectivity index (χ2n) is 5.99. The molecule has 0 aromatic rings. The van der Waals surface area contributed by atoms with Gasteiger partial charge in [0.15, 0.2) is 0 Å². The van der Waals surface area contributed by atoms with Crippen molar-refractivity contribution in [2.45, 2.75) is 59.0 Å². The van der Waals surface area contributed by atoms with Gasteiger partial charge in [0.2, 0.25) is 0 Å². The Balaban J connectivity index is 2.75. The molecule has 0 aromatic heterocycles. The van der Waals surface area contributed by atoms with E-state index in [9.17, 15) is 0 Å². The highest BCUT2D eigenvalue weighted by atomic mass is 15.3. The fourth-order valence-corrected chi connectivity index (χ4v) is 2.24. The average molecular weight is 212 g/mol. The van der Waals surface area contributed by atoms with Gasteiger partial charge in [-0.3, -0.25) is 4.90 Å². The molecule has 0 saturated heterocycles. The van der Waals surface area contributed by atoms with Crippen LogP contribution in [0.3, 0.4) is 0 Å². The number of hydrogen-bond donors (Lipinski definition) is 1. The Morgan fingerprint density at radius 1 is 1.27 bits per heavy atom. The van der Waals surface area contributed by atoms with E-state index < -0.39 is 0 Å². The molecule has 0 radical (unpaired) electrons. The van der Waals surface area contributed by atoms with E-state index in [1.54, 1.807) is 0 Å². The molecule has 1 aliphatic rings. The standard InChI is InChI=1S/C13H28N2/c1-10(2)8-15(12-6-7-12)13(5,9-14)11(3)4/h10-12H,6-9,14H2,1-5H3. The molecule has 2 heteroatoms. The average Bonchev–Trinajstić information content (AvgIpc) is 2.95. The molecule has 1 unspecified atom stereocenters. The van der Waals surface area contributed by atoms with Crippen molar-refractivity contribution in [2.24, 2.45) is 17.6 Å². The van der Waals surface area contributed by atoms with Gasteiger partial charge in [0.25, 0.3) is 0 Å². The molecule has 1 fully saturated rings. The minimum absolute atomic E-state index is 0.186. The third kappa shape index (κ3) is 2.94. The second kappa shape index (κ2) is 4.84. The van der Waals surface area contributed by atoms with E-state index in [-0.39, 0.29) is 5.54 Å². The molecule has 0 bridgehead atoms. The SMILES string of the molecule is CC(C)CN(C1CC1)C(C)(CN)C(C)C. The smallest absolute Gasteiger partial charge is 0.0329 e. The summed E-state index contributed by atoms with van der Waals surface area (Å²) in [5, 5.41) is 0. The molecule has 2 nitrogen and oxygen atoms in total. The van der Waals surface area contributed by atoms with Gasteiger partial charge in [-0.15, -0.1) is 0 Å². The van der Waals surface area contributed by atoms with E-state index in [0.29, 0.717) is 5.92 Å². The first kappa shape index (κ1) is 13.0. The lowest BCUT2D eigenvalue weighted by molar-refractivity contribution is 0.0478. The van der Waals surface area contributed by atoms with Crippen molar-refractivity contribution >= 4 is 0 Å². The van der Waals surface area contributed by atoms with Crippen LogP contribution in [0.2, 0.25) is 0 Å². The van der Waals surface area contributed by atoms with Gasteiger partial charge in [-0.1, -0.05) is 27.7 Å². The molecule has 1 rings (SSSR count). The molecular formula is C13H28N2. The van der Waals surface area contributed by atoms with Crippen molar-refractivity contribution in [3.8, 4) is 0 Å². The molecular weight excluding hydrogens is 184 g/mol. The normalized spacial score (nSPS) is 21.4. The number of nitrogens with zero attached hydrogens (tertiary/aromatic N) is 1. The molecule has 15 heavy (non-hydrogen) atoms.